The minimum absolute atomic E-state index is 0.0383. The third kappa shape index (κ3) is 4.21. The first-order valence-corrected chi connectivity index (χ1v) is 9.96. The molecule has 2 amide bonds. The van der Waals surface area contributed by atoms with E-state index in [1.54, 1.807) is 24.3 Å². The fourth-order valence-corrected chi connectivity index (χ4v) is 3.36. The van der Waals surface area contributed by atoms with Crippen molar-refractivity contribution in [3.63, 3.8) is 0 Å². The number of ether oxygens (including phenoxy) is 2. The number of benzene rings is 2. The van der Waals surface area contributed by atoms with Gasteiger partial charge < -0.3 is 9.47 Å². The summed E-state index contributed by atoms with van der Waals surface area (Å²) in [6.07, 6.45) is 1.39. The maximum Gasteiger partial charge on any atom is 0.270 e. The first-order valence-electron chi connectivity index (χ1n) is 9.55. The van der Waals surface area contributed by atoms with Gasteiger partial charge in [-0.25, -0.2) is 0 Å². The number of para-hydroxylation sites is 1. The zero-order valence-corrected chi connectivity index (χ0v) is 18.4. The molecule has 0 aromatic heterocycles. The number of carbonyl (C=O) groups is 2. The van der Waals surface area contributed by atoms with Crippen LogP contribution >= 0.6 is 12.2 Å². The molecule has 2 aromatic rings. The van der Waals surface area contributed by atoms with Gasteiger partial charge in [0.2, 0.25) is 0 Å². The summed E-state index contributed by atoms with van der Waals surface area (Å²) >= 11 is 5.28. The minimum atomic E-state index is -0.552. The molecule has 1 aliphatic rings. The second kappa shape index (κ2) is 8.67. The fourth-order valence-electron chi connectivity index (χ4n) is 3.08. The van der Waals surface area contributed by atoms with E-state index in [1.807, 2.05) is 39.8 Å². The Labute approximate surface area is 181 Å². The lowest BCUT2D eigenvalue weighted by Crippen LogP contribution is -2.54. The first-order chi connectivity index (χ1) is 14.2. The Kier molecular flexibility index (Phi) is 6.22. The summed E-state index contributed by atoms with van der Waals surface area (Å²) in [5, 5.41) is 2.66. The number of hydrogen-bond acceptors (Lipinski definition) is 5. The number of amides is 2. The monoisotopic (exact) mass is 424 g/mol. The second-order valence-electron chi connectivity index (χ2n) is 7.27. The van der Waals surface area contributed by atoms with E-state index in [1.165, 1.54) is 18.1 Å². The predicted octanol–water partition coefficient (Wildman–Crippen LogP) is 3.93. The number of methoxy groups -OCH3 is 1. The van der Waals surface area contributed by atoms with Crippen molar-refractivity contribution in [3.05, 3.63) is 58.7 Å². The van der Waals surface area contributed by atoms with Crippen LogP contribution in [0.15, 0.2) is 42.0 Å². The van der Waals surface area contributed by atoms with Crippen LogP contribution in [-0.4, -0.2) is 30.1 Å². The summed E-state index contributed by atoms with van der Waals surface area (Å²) in [7, 11) is 1.54. The molecule has 1 aliphatic heterocycles. The molecule has 156 valence electrons. The quantitative estimate of drug-likeness (QED) is 0.448. The molecule has 3 rings (SSSR count). The highest BCUT2D eigenvalue weighted by atomic mass is 32.1. The number of anilines is 1. The molecule has 7 heteroatoms. The normalized spacial score (nSPS) is 15.6. The highest BCUT2D eigenvalue weighted by Crippen LogP contribution is 2.34. The van der Waals surface area contributed by atoms with Gasteiger partial charge in [-0.05, 0) is 75.3 Å². The minimum Gasteiger partial charge on any atom is -0.493 e. The Morgan fingerprint density at radius 1 is 1.10 bits per heavy atom. The zero-order chi connectivity index (χ0) is 22.0. The Balaban J connectivity index is 2.08. The van der Waals surface area contributed by atoms with Gasteiger partial charge in [0.25, 0.3) is 11.8 Å². The van der Waals surface area contributed by atoms with Crippen LogP contribution in [0.3, 0.4) is 0 Å². The molecule has 1 N–H and O–H groups in total. The van der Waals surface area contributed by atoms with Gasteiger partial charge in [0, 0.05) is 5.56 Å². The summed E-state index contributed by atoms with van der Waals surface area (Å²) < 4.78 is 11.3. The van der Waals surface area contributed by atoms with Gasteiger partial charge in [-0.1, -0.05) is 18.2 Å². The highest BCUT2D eigenvalue weighted by Gasteiger charge is 2.35. The van der Waals surface area contributed by atoms with Crippen molar-refractivity contribution in [2.45, 2.75) is 33.8 Å². The van der Waals surface area contributed by atoms with Gasteiger partial charge in [0.1, 0.15) is 5.57 Å². The summed E-state index contributed by atoms with van der Waals surface area (Å²) in [6, 6.07) is 10.9. The van der Waals surface area contributed by atoms with Crippen LogP contribution in [0.5, 0.6) is 11.5 Å². The standard InChI is InChI=1S/C23H24N2O4S/c1-13(2)29-20-16(7-6-8-19(20)28-5)12-18-21(26)24-23(30)25(22(18)27)17-10-9-14(3)15(4)11-17/h6-13H,1-5H3,(H,24,26,30)/b18-12+. The van der Waals surface area contributed by atoms with Crippen molar-refractivity contribution in [1.82, 2.24) is 5.32 Å². The summed E-state index contributed by atoms with van der Waals surface area (Å²) in [5.41, 5.74) is 3.24. The highest BCUT2D eigenvalue weighted by molar-refractivity contribution is 7.80. The van der Waals surface area contributed by atoms with E-state index < -0.39 is 11.8 Å². The molecule has 1 heterocycles. The van der Waals surface area contributed by atoms with Crippen molar-refractivity contribution < 1.29 is 19.1 Å². The molecule has 30 heavy (non-hydrogen) atoms. The SMILES string of the molecule is COc1cccc(/C=C2\C(=O)NC(=S)N(c3ccc(C)c(C)c3)C2=O)c1OC(C)C. The number of thiocarbonyl (C=S) groups is 1. The molecular formula is C23H24N2O4S. The first kappa shape index (κ1) is 21.5. The van der Waals surface area contributed by atoms with Gasteiger partial charge in [-0.3, -0.25) is 19.8 Å². The fraction of sp³-hybridized carbons (Fsp3) is 0.261. The molecule has 1 fully saturated rings. The maximum atomic E-state index is 13.3. The summed E-state index contributed by atoms with van der Waals surface area (Å²) in [5.74, 6) is -0.0639. The Morgan fingerprint density at radius 2 is 1.83 bits per heavy atom. The van der Waals surface area contributed by atoms with Crippen molar-refractivity contribution in [2.24, 2.45) is 0 Å². The van der Waals surface area contributed by atoms with Crippen molar-refractivity contribution in [2.75, 3.05) is 12.0 Å². The number of nitrogens with one attached hydrogen (secondary N) is 1. The molecule has 0 saturated carbocycles. The number of nitrogens with zero attached hydrogens (tertiary/aromatic N) is 1. The lowest BCUT2D eigenvalue weighted by molar-refractivity contribution is -0.122. The van der Waals surface area contributed by atoms with E-state index in [0.29, 0.717) is 22.7 Å². The van der Waals surface area contributed by atoms with E-state index in [9.17, 15) is 9.59 Å². The van der Waals surface area contributed by atoms with Gasteiger partial charge in [0.05, 0.1) is 18.9 Å². The van der Waals surface area contributed by atoms with Crippen LogP contribution in [0.4, 0.5) is 5.69 Å². The molecule has 6 nitrogen and oxygen atoms in total. The molecule has 0 bridgehead atoms. The Hall–Kier alpha value is -3.19. The topological polar surface area (TPSA) is 67.9 Å². The average Bonchev–Trinajstić information content (AvgIpc) is 2.68. The van der Waals surface area contributed by atoms with E-state index in [0.717, 1.165) is 11.1 Å². The maximum absolute atomic E-state index is 13.3. The molecule has 0 radical (unpaired) electrons. The van der Waals surface area contributed by atoms with Gasteiger partial charge in [-0.2, -0.15) is 0 Å². The summed E-state index contributed by atoms with van der Waals surface area (Å²) in [4.78, 5) is 27.2. The van der Waals surface area contributed by atoms with Gasteiger partial charge in [0.15, 0.2) is 16.6 Å². The van der Waals surface area contributed by atoms with Crippen LogP contribution in [0, 0.1) is 13.8 Å². The Bertz CT molecular complexity index is 1060. The van der Waals surface area contributed by atoms with E-state index in [2.05, 4.69) is 5.32 Å². The number of rotatable bonds is 5. The molecular weight excluding hydrogens is 400 g/mol. The molecule has 0 spiro atoms. The van der Waals surface area contributed by atoms with E-state index in [4.69, 9.17) is 21.7 Å². The van der Waals surface area contributed by atoms with Crippen molar-refractivity contribution >= 4 is 40.9 Å². The number of aryl methyl sites for hydroxylation is 2. The molecule has 2 aromatic carbocycles. The van der Waals surface area contributed by atoms with Crippen LogP contribution < -0.4 is 19.7 Å². The van der Waals surface area contributed by atoms with Crippen LogP contribution in [0.1, 0.15) is 30.5 Å². The van der Waals surface area contributed by atoms with E-state index in [-0.39, 0.29) is 16.8 Å². The number of carbonyl (C=O) groups excluding carboxylic acids is 2. The molecule has 0 unspecified atom stereocenters. The van der Waals surface area contributed by atoms with Crippen LogP contribution in [0.2, 0.25) is 0 Å². The van der Waals surface area contributed by atoms with Crippen LogP contribution in [-0.2, 0) is 9.59 Å². The third-order valence-corrected chi connectivity index (χ3v) is 5.02. The third-order valence-electron chi connectivity index (χ3n) is 4.73. The zero-order valence-electron chi connectivity index (χ0n) is 17.6. The average molecular weight is 425 g/mol. The predicted molar refractivity (Wildman–Crippen MR) is 121 cm³/mol. The molecule has 0 aliphatic carbocycles. The van der Waals surface area contributed by atoms with Crippen LogP contribution in [0.25, 0.3) is 6.08 Å². The summed E-state index contributed by atoms with van der Waals surface area (Å²) in [6.45, 7) is 7.72. The lowest BCUT2D eigenvalue weighted by Gasteiger charge is -2.29. The van der Waals surface area contributed by atoms with Gasteiger partial charge >= 0.3 is 0 Å². The smallest absolute Gasteiger partial charge is 0.270 e. The van der Waals surface area contributed by atoms with Crippen molar-refractivity contribution in [3.8, 4) is 11.5 Å². The Morgan fingerprint density at radius 3 is 2.47 bits per heavy atom. The largest absolute Gasteiger partial charge is 0.493 e. The van der Waals surface area contributed by atoms with Crippen molar-refractivity contribution in [1.29, 1.82) is 0 Å². The second-order valence-corrected chi connectivity index (χ2v) is 7.66. The number of hydrogen-bond donors (Lipinski definition) is 1. The molecule has 0 atom stereocenters. The molecule has 1 saturated heterocycles. The lowest BCUT2D eigenvalue weighted by atomic mass is 10.0. The van der Waals surface area contributed by atoms with Gasteiger partial charge in [-0.15, -0.1) is 0 Å². The van der Waals surface area contributed by atoms with E-state index >= 15 is 0 Å².